The molecule has 0 atom stereocenters. The van der Waals surface area contributed by atoms with Crippen LogP contribution in [0.5, 0.6) is 0 Å². The standard InChI is InChI=1S/C40H27N3OS/c1-2-10-25(11-3-1)40-41-37(39-38(42-40)29-14-6-9-17-36(29)45-39)24-18-20-26(21-19-24)43-32-15-7-4-12-27(32)30-23-35-31(22-33(30)43)28-13-5-8-16-34(28)44-35/h2,4-7,9-15,17-23H,1,3,8,16H2. The lowest BCUT2D eigenvalue weighted by Crippen LogP contribution is -1.98. The zero-order valence-electron chi connectivity index (χ0n) is 24.5. The average molecular weight is 598 g/mol. The number of aromatic nitrogens is 3. The summed E-state index contributed by atoms with van der Waals surface area (Å²) in [5.41, 5.74) is 9.90. The van der Waals surface area contributed by atoms with Crippen LogP contribution in [0.15, 0.2) is 114 Å². The first kappa shape index (κ1) is 25.1. The molecule has 0 amide bonds. The summed E-state index contributed by atoms with van der Waals surface area (Å²) in [5.74, 6) is 1.89. The van der Waals surface area contributed by atoms with Crippen molar-refractivity contribution in [3.05, 3.63) is 126 Å². The number of thiophene rings is 1. The van der Waals surface area contributed by atoms with E-state index in [4.69, 9.17) is 14.4 Å². The van der Waals surface area contributed by atoms with Gasteiger partial charge in [-0.25, -0.2) is 9.97 Å². The Kier molecular flexibility index (Phi) is 5.37. The smallest absolute Gasteiger partial charge is 0.160 e. The molecule has 0 bridgehead atoms. The Hall–Kier alpha value is -5.26. The summed E-state index contributed by atoms with van der Waals surface area (Å²) in [6, 6.07) is 30.7. The maximum atomic E-state index is 6.36. The first-order valence-electron chi connectivity index (χ1n) is 15.6. The fraction of sp³-hybridized carbons (Fsp3) is 0.100. The molecule has 214 valence electrons. The summed E-state index contributed by atoms with van der Waals surface area (Å²) in [5, 5.41) is 4.80. The Labute approximate surface area is 263 Å². The van der Waals surface area contributed by atoms with Gasteiger partial charge in [0.25, 0.3) is 0 Å². The molecule has 4 aromatic heterocycles. The Bertz CT molecular complexity index is 2590. The molecule has 0 saturated heterocycles. The van der Waals surface area contributed by atoms with Gasteiger partial charge in [-0.1, -0.05) is 78.9 Å². The Morgan fingerprint density at radius 3 is 2.44 bits per heavy atom. The zero-order chi connectivity index (χ0) is 29.5. The van der Waals surface area contributed by atoms with Gasteiger partial charge in [-0.3, -0.25) is 0 Å². The minimum Gasteiger partial charge on any atom is -0.460 e. The second-order valence-corrected chi connectivity index (χ2v) is 13.0. The topological polar surface area (TPSA) is 43.9 Å². The highest BCUT2D eigenvalue weighted by molar-refractivity contribution is 7.26. The molecule has 4 nitrogen and oxygen atoms in total. The number of fused-ring (bicyclic) bond motifs is 9. The van der Waals surface area contributed by atoms with Crippen molar-refractivity contribution in [3.63, 3.8) is 0 Å². The zero-order valence-corrected chi connectivity index (χ0v) is 25.3. The van der Waals surface area contributed by atoms with Crippen LogP contribution in [0.4, 0.5) is 0 Å². The van der Waals surface area contributed by atoms with Crippen molar-refractivity contribution < 1.29 is 4.42 Å². The van der Waals surface area contributed by atoms with E-state index < -0.39 is 0 Å². The first-order chi connectivity index (χ1) is 22.3. The maximum absolute atomic E-state index is 6.36. The molecule has 45 heavy (non-hydrogen) atoms. The summed E-state index contributed by atoms with van der Waals surface area (Å²) in [6.45, 7) is 0. The van der Waals surface area contributed by atoms with Crippen LogP contribution in [-0.4, -0.2) is 14.5 Å². The lowest BCUT2D eigenvalue weighted by molar-refractivity contribution is 0.546. The van der Waals surface area contributed by atoms with E-state index in [1.165, 1.54) is 42.8 Å². The molecule has 0 radical (unpaired) electrons. The van der Waals surface area contributed by atoms with E-state index in [9.17, 15) is 0 Å². The highest BCUT2D eigenvalue weighted by atomic mass is 32.1. The molecule has 10 rings (SSSR count). The normalized spacial score (nSPS) is 14.7. The highest BCUT2D eigenvalue weighted by Crippen LogP contribution is 2.41. The lowest BCUT2D eigenvalue weighted by Gasteiger charge is -2.11. The largest absolute Gasteiger partial charge is 0.460 e. The number of rotatable bonds is 3. The van der Waals surface area contributed by atoms with Crippen LogP contribution < -0.4 is 0 Å². The quantitative estimate of drug-likeness (QED) is 0.203. The van der Waals surface area contributed by atoms with Crippen LogP contribution >= 0.6 is 11.3 Å². The van der Waals surface area contributed by atoms with E-state index in [1.807, 2.05) is 0 Å². The summed E-state index contributed by atoms with van der Waals surface area (Å²) in [6.07, 6.45) is 15.2. The third-order valence-corrected chi connectivity index (χ3v) is 10.5. The molecule has 0 N–H and O–H groups in total. The number of hydrogen-bond donors (Lipinski definition) is 0. The van der Waals surface area contributed by atoms with Crippen LogP contribution in [0, 0.1) is 0 Å². The second-order valence-electron chi connectivity index (χ2n) is 12.0. The molecule has 2 aliphatic carbocycles. The van der Waals surface area contributed by atoms with E-state index in [-0.39, 0.29) is 0 Å². The van der Waals surface area contributed by atoms with Gasteiger partial charge < -0.3 is 8.98 Å². The first-order valence-corrected chi connectivity index (χ1v) is 16.4. The molecule has 0 unspecified atom stereocenters. The van der Waals surface area contributed by atoms with E-state index >= 15 is 0 Å². The van der Waals surface area contributed by atoms with E-state index in [2.05, 4.69) is 120 Å². The number of allylic oxidation sites excluding steroid dienone is 5. The third-order valence-electron chi connectivity index (χ3n) is 9.29. The minimum atomic E-state index is 0.796. The number of furan rings is 1. The van der Waals surface area contributed by atoms with E-state index in [1.54, 1.807) is 11.3 Å². The average Bonchev–Trinajstić information content (AvgIpc) is 3.76. The van der Waals surface area contributed by atoms with E-state index in [0.29, 0.717) is 0 Å². The summed E-state index contributed by atoms with van der Waals surface area (Å²) in [7, 11) is 0. The fourth-order valence-electron chi connectivity index (χ4n) is 7.15. The van der Waals surface area contributed by atoms with Crippen LogP contribution in [0.1, 0.15) is 36.4 Å². The monoisotopic (exact) mass is 597 g/mol. The third kappa shape index (κ3) is 3.77. The maximum Gasteiger partial charge on any atom is 0.160 e. The van der Waals surface area contributed by atoms with Gasteiger partial charge in [-0.15, -0.1) is 11.3 Å². The van der Waals surface area contributed by atoms with Crippen molar-refractivity contribution in [1.29, 1.82) is 0 Å². The van der Waals surface area contributed by atoms with Gasteiger partial charge in [0, 0.05) is 55.1 Å². The van der Waals surface area contributed by atoms with Crippen molar-refractivity contribution in [1.82, 2.24) is 14.5 Å². The molecule has 5 heteroatoms. The lowest BCUT2D eigenvalue weighted by atomic mass is 10.0. The molecule has 4 aromatic carbocycles. The van der Waals surface area contributed by atoms with Crippen LogP contribution in [0.25, 0.3) is 81.7 Å². The van der Waals surface area contributed by atoms with Crippen molar-refractivity contribution in [2.75, 3.05) is 0 Å². The molecule has 4 heterocycles. The number of para-hydroxylation sites is 1. The predicted octanol–water partition coefficient (Wildman–Crippen LogP) is 11.0. The molecule has 0 fully saturated rings. The van der Waals surface area contributed by atoms with Gasteiger partial charge in [-0.05, 0) is 55.7 Å². The van der Waals surface area contributed by atoms with Crippen molar-refractivity contribution in [3.8, 4) is 16.9 Å². The Morgan fingerprint density at radius 1 is 0.711 bits per heavy atom. The number of hydrogen-bond acceptors (Lipinski definition) is 4. The van der Waals surface area contributed by atoms with Gasteiger partial charge in [0.1, 0.15) is 11.3 Å². The molecule has 0 saturated carbocycles. The molecular weight excluding hydrogens is 571 g/mol. The summed E-state index contributed by atoms with van der Waals surface area (Å²) >= 11 is 1.78. The van der Waals surface area contributed by atoms with Gasteiger partial charge in [0.05, 0.1) is 26.9 Å². The SMILES string of the molecule is C1=CC(c2nc(-c3ccc(-n4c5ccccc5c5cc6oc7c(c6cc54)C=CCC7)cc3)c3sc4ccccc4c3n2)=CCC1. The van der Waals surface area contributed by atoms with Gasteiger partial charge in [0.2, 0.25) is 0 Å². The number of benzene rings is 4. The molecule has 8 aromatic rings. The van der Waals surface area contributed by atoms with Crippen molar-refractivity contribution >= 4 is 76.1 Å². The Morgan fingerprint density at radius 2 is 1.56 bits per heavy atom. The predicted molar refractivity (Wildman–Crippen MR) is 188 cm³/mol. The van der Waals surface area contributed by atoms with Gasteiger partial charge >= 0.3 is 0 Å². The second kappa shape index (κ2) is 9.62. The Balaban J connectivity index is 1.17. The number of nitrogens with zero attached hydrogens (tertiary/aromatic N) is 3. The molecule has 2 aliphatic rings. The van der Waals surface area contributed by atoms with Crippen LogP contribution in [-0.2, 0) is 6.42 Å². The van der Waals surface area contributed by atoms with Crippen molar-refractivity contribution in [2.24, 2.45) is 0 Å². The van der Waals surface area contributed by atoms with Crippen LogP contribution in [0.3, 0.4) is 0 Å². The highest BCUT2D eigenvalue weighted by Gasteiger charge is 2.20. The van der Waals surface area contributed by atoms with Gasteiger partial charge in [0.15, 0.2) is 5.82 Å². The van der Waals surface area contributed by atoms with Crippen molar-refractivity contribution in [2.45, 2.75) is 25.7 Å². The summed E-state index contributed by atoms with van der Waals surface area (Å²) in [4.78, 5) is 10.3. The van der Waals surface area contributed by atoms with Crippen LogP contribution in [0.2, 0.25) is 0 Å². The minimum absolute atomic E-state index is 0.796. The summed E-state index contributed by atoms with van der Waals surface area (Å²) < 4.78 is 11.1. The molecular formula is C40H27N3OS. The van der Waals surface area contributed by atoms with E-state index in [0.717, 1.165) is 75.6 Å². The molecule has 0 spiro atoms. The van der Waals surface area contributed by atoms with Gasteiger partial charge in [-0.2, -0.15) is 0 Å². The fourth-order valence-corrected chi connectivity index (χ4v) is 8.31. The molecule has 0 aliphatic heterocycles. The number of aryl methyl sites for hydroxylation is 1.